The molecule has 2 aromatic carbocycles. The highest BCUT2D eigenvalue weighted by molar-refractivity contribution is 5.69. The van der Waals surface area contributed by atoms with Crippen molar-refractivity contribution >= 4 is 11.8 Å². The molecule has 0 aromatic heterocycles. The Morgan fingerprint density at radius 1 is 1.19 bits per heavy atom. The number of hydrogen-bond donors (Lipinski definition) is 2. The first kappa shape index (κ1) is 17.0. The van der Waals surface area contributed by atoms with Crippen LogP contribution in [0.5, 0.6) is 0 Å². The van der Waals surface area contributed by atoms with E-state index >= 15 is 0 Å². The standard InChI is InChI=1S/C22H26N2O2/c1-14-8-11-19-18(12-14)21(15(2)20(23-19)17-9-10-17)24-22(25)26-13-16-6-4-3-5-7-16/h3-8,11-12,15,17,20-21,23H,9-10,13H2,1-2H3,(H,24,25)/t15-,20+,21?/m0/s1. The van der Waals surface area contributed by atoms with Crippen molar-refractivity contribution in [2.45, 2.75) is 45.4 Å². The molecule has 1 aliphatic heterocycles. The van der Waals surface area contributed by atoms with Gasteiger partial charge in [-0.1, -0.05) is 55.0 Å². The number of nitrogens with one attached hydrogen (secondary N) is 2. The van der Waals surface area contributed by atoms with Gasteiger partial charge in [-0.2, -0.15) is 0 Å². The Labute approximate surface area is 155 Å². The van der Waals surface area contributed by atoms with E-state index in [9.17, 15) is 4.79 Å². The van der Waals surface area contributed by atoms with Gasteiger partial charge in [0.1, 0.15) is 6.61 Å². The molecule has 2 N–H and O–H groups in total. The third-order valence-electron chi connectivity index (χ3n) is 5.57. The molecule has 1 amide bonds. The second-order valence-corrected chi connectivity index (χ2v) is 7.64. The molecule has 0 radical (unpaired) electrons. The van der Waals surface area contributed by atoms with E-state index in [4.69, 9.17) is 4.74 Å². The summed E-state index contributed by atoms with van der Waals surface area (Å²) in [4.78, 5) is 12.5. The smallest absolute Gasteiger partial charge is 0.407 e. The summed E-state index contributed by atoms with van der Waals surface area (Å²) in [6, 6.07) is 16.6. The summed E-state index contributed by atoms with van der Waals surface area (Å²) in [7, 11) is 0. The summed E-state index contributed by atoms with van der Waals surface area (Å²) in [5, 5.41) is 6.84. The van der Waals surface area contributed by atoms with E-state index in [0.717, 1.165) is 16.8 Å². The minimum absolute atomic E-state index is 0.0278. The van der Waals surface area contributed by atoms with Crippen molar-refractivity contribution in [3.8, 4) is 0 Å². The van der Waals surface area contributed by atoms with Crippen LogP contribution in [0.15, 0.2) is 48.5 Å². The van der Waals surface area contributed by atoms with Crippen LogP contribution in [0, 0.1) is 18.8 Å². The van der Waals surface area contributed by atoms with Crippen molar-refractivity contribution in [3.05, 3.63) is 65.2 Å². The number of benzene rings is 2. The van der Waals surface area contributed by atoms with Gasteiger partial charge in [0.25, 0.3) is 0 Å². The fourth-order valence-corrected chi connectivity index (χ4v) is 3.98. The number of fused-ring (bicyclic) bond motifs is 1. The Balaban J connectivity index is 1.50. The Bertz CT molecular complexity index is 786. The maximum absolute atomic E-state index is 12.5. The van der Waals surface area contributed by atoms with Crippen LogP contribution in [-0.4, -0.2) is 12.1 Å². The van der Waals surface area contributed by atoms with Crippen LogP contribution >= 0.6 is 0 Å². The Morgan fingerprint density at radius 2 is 1.96 bits per heavy atom. The molecule has 0 saturated heterocycles. The average Bonchev–Trinajstić information content (AvgIpc) is 3.48. The number of amides is 1. The molecule has 1 aliphatic carbocycles. The van der Waals surface area contributed by atoms with Crippen molar-refractivity contribution in [3.63, 3.8) is 0 Å². The van der Waals surface area contributed by atoms with Crippen LogP contribution in [-0.2, 0) is 11.3 Å². The molecule has 4 nitrogen and oxygen atoms in total. The van der Waals surface area contributed by atoms with E-state index in [1.807, 2.05) is 30.3 Å². The SMILES string of the molecule is Cc1ccc2c(c1)C(NC(=O)OCc1ccccc1)[C@@H](C)[C@H](C1CC1)N2. The molecule has 1 heterocycles. The van der Waals surface area contributed by atoms with Crippen molar-refractivity contribution < 1.29 is 9.53 Å². The van der Waals surface area contributed by atoms with Gasteiger partial charge in [0.15, 0.2) is 0 Å². The van der Waals surface area contributed by atoms with Gasteiger partial charge in [0, 0.05) is 17.6 Å². The predicted molar refractivity (Wildman–Crippen MR) is 103 cm³/mol. The third kappa shape index (κ3) is 3.55. The summed E-state index contributed by atoms with van der Waals surface area (Å²) in [5.41, 5.74) is 4.49. The maximum atomic E-state index is 12.5. The quantitative estimate of drug-likeness (QED) is 0.832. The summed E-state index contributed by atoms with van der Waals surface area (Å²) in [6.45, 7) is 4.60. The Hall–Kier alpha value is -2.49. The molecule has 1 unspecified atom stereocenters. The minimum Gasteiger partial charge on any atom is -0.445 e. The van der Waals surface area contributed by atoms with Crippen molar-refractivity contribution in [2.75, 3.05) is 5.32 Å². The van der Waals surface area contributed by atoms with Crippen LogP contribution in [0.3, 0.4) is 0 Å². The molecule has 136 valence electrons. The fraction of sp³-hybridized carbons (Fsp3) is 0.409. The van der Waals surface area contributed by atoms with Gasteiger partial charge < -0.3 is 15.4 Å². The molecule has 1 fully saturated rings. The van der Waals surface area contributed by atoms with Gasteiger partial charge in [-0.25, -0.2) is 4.79 Å². The number of ether oxygens (including phenoxy) is 1. The highest BCUT2D eigenvalue weighted by atomic mass is 16.5. The van der Waals surface area contributed by atoms with E-state index in [2.05, 4.69) is 42.7 Å². The van der Waals surface area contributed by atoms with Crippen LogP contribution in [0.2, 0.25) is 0 Å². The molecule has 0 bridgehead atoms. The van der Waals surface area contributed by atoms with E-state index in [0.29, 0.717) is 24.5 Å². The second kappa shape index (κ2) is 7.02. The topological polar surface area (TPSA) is 50.4 Å². The normalized spacial score (nSPS) is 24.3. The number of hydrogen-bond acceptors (Lipinski definition) is 3. The highest BCUT2D eigenvalue weighted by Crippen LogP contribution is 2.45. The van der Waals surface area contributed by atoms with Crippen LogP contribution < -0.4 is 10.6 Å². The molecular weight excluding hydrogens is 324 g/mol. The van der Waals surface area contributed by atoms with Crippen LogP contribution in [0.25, 0.3) is 0 Å². The number of rotatable bonds is 4. The largest absolute Gasteiger partial charge is 0.445 e. The van der Waals surface area contributed by atoms with Gasteiger partial charge >= 0.3 is 6.09 Å². The van der Waals surface area contributed by atoms with Crippen molar-refractivity contribution in [1.29, 1.82) is 0 Å². The van der Waals surface area contributed by atoms with Crippen molar-refractivity contribution in [2.24, 2.45) is 11.8 Å². The van der Waals surface area contributed by atoms with Gasteiger partial charge in [-0.05, 0) is 42.9 Å². The molecule has 4 heteroatoms. The third-order valence-corrected chi connectivity index (χ3v) is 5.57. The van der Waals surface area contributed by atoms with E-state index in [1.54, 1.807) is 0 Å². The maximum Gasteiger partial charge on any atom is 0.407 e. The zero-order valence-electron chi connectivity index (χ0n) is 15.4. The second-order valence-electron chi connectivity index (χ2n) is 7.64. The fourth-order valence-electron chi connectivity index (χ4n) is 3.98. The lowest BCUT2D eigenvalue weighted by Gasteiger charge is -2.39. The summed E-state index contributed by atoms with van der Waals surface area (Å²) in [5.74, 6) is 1.03. The van der Waals surface area contributed by atoms with Gasteiger partial charge in [0.05, 0.1) is 6.04 Å². The molecule has 1 saturated carbocycles. The number of carbonyl (C=O) groups excluding carboxylic acids is 1. The zero-order valence-corrected chi connectivity index (χ0v) is 15.4. The van der Waals surface area contributed by atoms with Crippen LogP contribution in [0.4, 0.5) is 10.5 Å². The number of aryl methyl sites for hydroxylation is 1. The summed E-state index contributed by atoms with van der Waals surface area (Å²) in [6.07, 6.45) is 2.19. The monoisotopic (exact) mass is 350 g/mol. The first-order valence-corrected chi connectivity index (χ1v) is 9.46. The lowest BCUT2D eigenvalue weighted by molar-refractivity contribution is 0.130. The van der Waals surface area contributed by atoms with E-state index in [1.165, 1.54) is 18.4 Å². The van der Waals surface area contributed by atoms with Gasteiger partial charge in [0.2, 0.25) is 0 Å². The number of anilines is 1. The van der Waals surface area contributed by atoms with Crippen LogP contribution in [0.1, 0.15) is 42.5 Å². The first-order chi connectivity index (χ1) is 12.6. The number of alkyl carbamates (subject to hydrolysis) is 1. The lowest BCUT2D eigenvalue weighted by Crippen LogP contribution is -2.45. The predicted octanol–water partition coefficient (Wildman–Crippen LogP) is 4.80. The Kier molecular flexibility index (Phi) is 4.58. The molecule has 3 atom stereocenters. The molecular formula is C22H26N2O2. The molecule has 0 spiro atoms. The van der Waals surface area contributed by atoms with Crippen molar-refractivity contribution in [1.82, 2.24) is 5.32 Å². The van der Waals surface area contributed by atoms with E-state index in [-0.39, 0.29) is 12.1 Å². The summed E-state index contributed by atoms with van der Waals surface area (Å²) < 4.78 is 5.47. The molecule has 26 heavy (non-hydrogen) atoms. The molecule has 2 aliphatic rings. The van der Waals surface area contributed by atoms with Gasteiger partial charge in [-0.3, -0.25) is 0 Å². The number of carbonyl (C=O) groups is 1. The zero-order chi connectivity index (χ0) is 18.1. The Morgan fingerprint density at radius 3 is 2.69 bits per heavy atom. The first-order valence-electron chi connectivity index (χ1n) is 9.46. The molecule has 2 aromatic rings. The van der Waals surface area contributed by atoms with E-state index < -0.39 is 0 Å². The minimum atomic E-state index is -0.352. The van der Waals surface area contributed by atoms with Gasteiger partial charge in [-0.15, -0.1) is 0 Å². The average molecular weight is 350 g/mol. The lowest BCUT2D eigenvalue weighted by atomic mass is 9.81. The summed E-state index contributed by atoms with van der Waals surface area (Å²) >= 11 is 0. The molecule has 4 rings (SSSR count). The highest BCUT2D eigenvalue weighted by Gasteiger charge is 2.42.